The van der Waals surface area contributed by atoms with Crippen LogP contribution in [0.4, 0.5) is 0 Å². The van der Waals surface area contributed by atoms with Crippen LogP contribution in [0.5, 0.6) is 0 Å². The molecule has 0 aliphatic carbocycles. The molecular weight excluding hydrogens is 238 g/mol. The van der Waals surface area contributed by atoms with Gasteiger partial charge in [0.15, 0.2) is 5.65 Å². The Balaban J connectivity index is 1.85. The topological polar surface area (TPSA) is 59.5 Å². The summed E-state index contributed by atoms with van der Waals surface area (Å²) in [5.41, 5.74) is 10.3. The quantitative estimate of drug-likeness (QED) is 0.882. The monoisotopic (exact) mass is 259 g/mol. The van der Waals surface area contributed by atoms with Crippen molar-refractivity contribution >= 4 is 5.65 Å². The van der Waals surface area contributed by atoms with Crippen molar-refractivity contribution in [3.8, 4) is 0 Å². The van der Waals surface area contributed by atoms with Crippen LogP contribution in [0.1, 0.15) is 29.8 Å². The van der Waals surface area contributed by atoms with Crippen molar-refractivity contribution < 1.29 is 0 Å². The molecule has 1 fully saturated rings. The van der Waals surface area contributed by atoms with Crippen LogP contribution in [0.2, 0.25) is 0 Å². The molecule has 2 aromatic rings. The van der Waals surface area contributed by atoms with E-state index in [2.05, 4.69) is 28.0 Å². The average molecular weight is 259 g/mol. The number of hydrogen-bond donors (Lipinski definition) is 1. The van der Waals surface area contributed by atoms with Crippen molar-refractivity contribution in [1.82, 2.24) is 19.5 Å². The maximum Gasteiger partial charge on any atom is 0.159 e. The minimum absolute atomic E-state index is 0.378. The Morgan fingerprint density at radius 1 is 1.32 bits per heavy atom. The van der Waals surface area contributed by atoms with Gasteiger partial charge < -0.3 is 5.73 Å². The van der Waals surface area contributed by atoms with Gasteiger partial charge in [-0.3, -0.25) is 4.90 Å². The molecule has 0 saturated carbocycles. The Kier molecular flexibility index (Phi) is 3.24. The number of aromatic nitrogens is 3. The van der Waals surface area contributed by atoms with E-state index in [0.29, 0.717) is 6.04 Å². The minimum Gasteiger partial charge on any atom is -0.328 e. The molecule has 0 spiro atoms. The fourth-order valence-corrected chi connectivity index (χ4v) is 2.78. The molecule has 1 saturated heterocycles. The maximum absolute atomic E-state index is 5.95. The second-order valence-corrected chi connectivity index (χ2v) is 5.56. The van der Waals surface area contributed by atoms with Crippen LogP contribution < -0.4 is 5.73 Å². The molecule has 5 heteroatoms. The predicted octanol–water partition coefficient (Wildman–Crippen LogP) is 1.27. The van der Waals surface area contributed by atoms with E-state index in [1.807, 2.05) is 17.6 Å². The van der Waals surface area contributed by atoms with Gasteiger partial charge in [-0.05, 0) is 45.8 Å². The molecule has 0 bridgehead atoms. The van der Waals surface area contributed by atoms with Gasteiger partial charge >= 0.3 is 0 Å². The summed E-state index contributed by atoms with van der Waals surface area (Å²) in [6, 6.07) is 2.44. The smallest absolute Gasteiger partial charge is 0.159 e. The molecule has 0 amide bonds. The molecule has 3 rings (SSSR count). The van der Waals surface area contributed by atoms with Crippen molar-refractivity contribution in [1.29, 1.82) is 0 Å². The van der Waals surface area contributed by atoms with Crippen molar-refractivity contribution in [2.24, 2.45) is 5.73 Å². The zero-order valence-electron chi connectivity index (χ0n) is 11.6. The lowest BCUT2D eigenvalue weighted by Crippen LogP contribution is -2.39. The number of fused-ring (bicyclic) bond motifs is 1. The van der Waals surface area contributed by atoms with E-state index in [4.69, 9.17) is 5.73 Å². The fourth-order valence-electron chi connectivity index (χ4n) is 2.78. The van der Waals surface area contributed by atoms with Gasteiger partial charge in [-0.15, -0.1) is 0 Å². The molecule has 0 aromatic carbocycles. The Hall–Kier alpha value is -1.46. The summed E-state index contributed by atoms with van der Waals surface area (Å²) in [4.78, 5) is 7.07. The van der Waals surface area contributed by atoms with Crippen LogP contribution in [0, 0.1) is 13.8 Å². The summed E-state index contributed by atoms with van der Waals surface area (Å²) in [6.45, 7) is 7.17. The number of nitrogens with zero attached hydrogens (tertiary/aromatic N) is 4. The third-order valence-electron chi connectivity index (χ3n) is 3.88. The first-order chi connectivity index (χ1) is 9.13. The third kappa shape index (κ3) is 2.48. The van der Waals surface area contributed by atoms with Crippen LogP contribution in [0.3, 0.4) is 0 Å². The first kappa shape index (κ1) is 12.6. The second kappa shape index (κ2) is 4.90. The molecule has 3 heterocycles. The largest absolute Gasteiger partial charge is 0.328 e. The lowest BCUT2D eigenvalue weighted by molar-refractivity contribution is 0.206. The summed E-state index contributed by atoms with van der Waals surface area (Å²) in [5, 5.41) is 4.44. The summed E-state index contributed by atoms with van der Waals surface area (Å²) >= 11 is 0. The van der Waals surface area contributed by atoms with Gasteiger partial charge in [-0.25, -0.2) is 9.50 Å². The number of piperidine rings is 1. The molecule has 0 radical (unpaired) electrons. The first-order valence-electron chi connectivity index (χ1n) is 6.92. The van der Waals surface area contributed by atoms with E-state index >= 15 is 0 Å². The molecule has 2 N–H and O–H groups in total. The molecular formula is C14H21N5. The first-order valence-corrected chi connectivity index (χ1v) is 6.92. The SMILES string of the molecule is Cc1cc(C)n2ncc(CN3CCC(N)CC3)c2n1. The lowest BCUT2D eigenvalue weighted by atomic mass is 10.1. The van der Waals surface area contributed by atoms with Crippen LogP contribution in [-0.4, -0.2) is 38.6 Å². The van der Waals surface area contributed by atoms with Crippen LogP contribution in [0.25, 0.3) is 5.65 Å². The van der Waals surface area contributed by atoms with Gasteiger partial charge in [0.25, 0.3) is 0 Å². The van der Waals surface area contributed by atoms with Gasteiger partial charge in [-0.1, -0.05) is 0 Å². The van der Waals surface area contributed by atoms with Crippen molar-refractivity contribution in [3.05, 3.63) is 29.2 Å². The highest BCUT2D eigenvalue weighted by Gasteiger charge is 2.18. The van der Waals surface area contributed by atoms with Crippen LogP contribution >= 0.6 is 0 Å². The number of likely N-dealkylation sites (tertiary alicyclic amines) is 1. The van der Waals surface area contributed by atoms with E-state index in [1.165, 1.54) is 5.56 Å². The van der Waals surface area contributed by atoms with E-state index in [-0.39, 0.29) is 0 Å². The zero-order valence-corrected chi connectivity index (χ0v) is 11.6. The second-order valence-electron chi connectivity index (χ2n) is 5.56. The van der Waals surface area contributed by atoms with Crippen molar-refractivity contribution in [2.45, 2.75) is 39.3 Å². The number of hydrogen-bond acceptors (Lipinski definition) is 4. The summed E-state index contributed by atoms with van der Waals surface area (Å²) < 4.78 is 1.93. The van der Waals surface area contributed by atoms with Gasteiger partial charge in [0.05, 0.1) is 6.20 Å². The maximum atomic E-state index is 5.95. The molecule has 1 aliphatic heterocycles. The van der Waals surface area contributed by atoms with Crippen LogP contribution in [0.15, 0.2) is 12.3 Å². The van der Waals surface area contributed by atoms with Crippen LogP contribution in [-0.2, 0) is 6.54 Å². The minimum atomic E-state index is 0.378. The summed E-state index contributed by atoms with van der Waals surface area (Å²) in [5.74, 6) is 0. The van der Waals surface area contributed by atoms with E-state index in [0.717, 1.165) is 49.5 Å². The summed E-state index contributed by atoms with van der Waals surface area (Å²) in [7, 11) is 0. The van der Waals surface area contributed by atoms with Gasteiger partial charge in [-0.2, -0.15) is 5.10 Å². The molecule has 0 atom stereocenters. The molecule has 19 heavy (non-hydrogen) atoms. The zero-order chi connectivity index (χ0) is 13.4. The predicted molar refractivity (Wildman–Crippen MR) is 74.9 cm³/mol. The number of aryl methyl sites for hydroxylation is 2. The highest BCUT2D eigenvalue weighted by Crippen LogP contribution is 2.16. The van der Waals surface area contributed by atoms with Gasteiger partial charge in [0.1, 0.15) is 0 Å². The Bertz CT molecular complexity index is 581. The van der Waals surface area contributed by atoms with E-state index in [9.17, 15) is 0 Å². The summed E-state index contributed by atoms with van der Waals surface area (Å²) in [6.07, 6.45) is 4.12. The third-order valence-corrected chi connectivity index (χ3v) is 3.88. The highest BCUT2D eigenvalue weighted by atomic mass is 15.3. The molecule has 102 valence electrons. The fraction of sp³-hybridized carbons (Fsp3) is 0.571. The van der Waals surface area contributed by atoms with Crippen molar-refractivity contribution in [3.63, 3.8) is 0 Å². The molecule has 1 aliphatic rings. The van der Waals surface area contributed by atoms with Gasteiger partial charge in [0, 0.05) is 29.5 Å². The standard InChI is InChI=1S/C14H21N5/c1-10-7-11(2)19-14(17-10)12(8-16-19)9-18-5-3-13(15)4-6-18/h7-8,13H,3-6,9,15H2,1-2H3. The van der Waals surface area contributed by atoms with E-state index in [1.54, 1.807) is 0 Å². The number of nitrogens with two attached hydrogens (primary N) is 1. The number of rotatable bonds is 2. The lowest BCUT2D eigenvalue weighted by Gasteiger charge is -2.29. The normalized spacial score (nSPS) is 18.3. The molecule has 2 aromatic heterocycles. The molecule has 5 nitrogen and oxygen atoms in total. The molecule has 0 unspecified atom stereocenters. The Labute approximate surface area is 113 Å². The average Bonchev–Trinajstić information content (AvgIpc) is 2.76. The highest BCUT2D eigenvalue weighted by molar-refractivity contribution is 5.47. The van der Waals surface area contributed by atoms with E-state index < -0.39 is 0 Å². The Morgan fingerprint density at radius 2 is 2.05 bits per heavy atom. The van der Waals surface area contributed by atoms with Crippen molar-refractivity contribution in [2.75, 3.05) is 13.1 Å². The Morgan fingerprint density at radius 3 is 2.79 bits per heavy atom. The van der Waals surface area contributed by atoms with Gasteiger partial charge in [0.2, 0.25) is 0 Å².